The number of fused-ring (bicyclic) bond motifs is 2. The van der Waals surface area contributed by atoms with Gasteiger partial charge >= 0.3 is 0 Å². The van der Waals surface area contributed by atoms with Crippen molar-refractivity contribution in [1.29, 1.82) is 0 Å². The molecule has 2 heterocycles. The summed E-state index contributed by atoms with van der Waals surface area (Å²) in [4.78, 5) is 16.4. The normalized spacial score (nSPS) is 13.3. The molecule has 1 amide bonds. The summed E-state index contributed by atoms with van der Waals surface area (Å²) < 4.78 is 0. The van der Waals surface area contributed by atoms with Crippen LogP contribution < -0.4 is 5.32 Å². The van der Waals surface area contributed by atoms with Crippen molar-refractivity contribution >= 4 is 23.6 Å². The molecule has 6 nitrogen and oxygen atoms in total. The Balaban J connectivity index is 1.76. The van der Waals surface area contributed by atoms with Crippen molar-refractivity contribution in [3.63, 3.8) is 0 Å². The number of benzene rings is 2. The van der Waals surface area contributed by atoms with Crippen molar-refractivity contribution in [3.8, 4) is 0 Å². The molecule has 7 heteroatoms. The average Bonchev–Trinajstić information content (AvgIpc) is 2.97. The van der Waals surface area contributed by atoms with Gasteiger partial charge in [-0.2, -0.15) is 4.80 Å². The standard InChI is InChI=1S/C16H13N5OS/c1-21-19-16(18-20-21)17-15(22)14-10-6-2-4-8-12(10)23-13-9-5-3-7-11(13)14/h2-9,14H,1H3,(H,17,19,22). The zero-order valence-electron chi connectivity index (χ0n) is 12.3. The highest BCUT2D eigenvalue weighted by Gasteiger charge is 2.31. The minimum Gasteiger partial charge on any atom is -0.291 e. The van der Waals surface area contributed by atoms with Gasteiger partial charge in [0.1, 0.15) is 0 Å². The lowest BCUT2D eigenvalue weighted by atomic mass is 9.90. The molecule has 114 valence electrons. The summed E-state index contributed by atoms with van der Waals surface area (Å²) in [6.07, 6.45) is 0. The maximum Gasteiger partial charge on any atom is 0.270 e. The van der Waals surface area contributed by atoms with E-state index in [1.54, 1.807) is 18.8 Å². The van der Waals surface area contributed by atoms with Gasteiger partial charge in [-0.1, -0.05) is 53.3 Å². The first-order valence-corrected chi connectivity index (χ1v) is 7.94. The number of aromatic nitrogens is 4. The molecule has 0 fully saturated rings. The number of carbonyl (C=O) groups is 1. The average molecular weight is 323 g/mol. The van der Waals surface area contributed by atoms with E-state index in [1.807, 2.05) is 48.5 Å². The van der Waals surface area contributed by atoms with Crippen LogP contribution in [0, 0.1) is 0 Å². The fourth-order valence-electron chi connectivity index (χ4n) is 2.71. The van der Waals surface area contributed by atoms with Crippen molar-refractivity contribution in [2.24, 2.45) is 7.05 Å². The summed E-state index contributed by atoms with van der Waals surface area (Å²) in [6, 6.07) is 15.9. The van der Waals surface area contributed by atoms with E-state index in [0.717, 1.165) is 20.9 Å². The quantitative estimate of drug-likeness (QED) is 0.784. The van der Waals surface area contributed by atoms with Crippen LogP contribution in [0.1, 0.15) is 17.0 Å². The second-order valence-electron chi connectivity index (χ2n) is 5.20. The third-order valence-corrected chi connectivity index (χ3v) is 4.87. The Morgan fingerprint density at radius 3 is 2.26 bits per heavy atom. The highest BCUT2D eigenvalue weighted by molar-refractivity contribution is 7.99. The number of anilines is 1. The van der Waals surface area contributed by atoms with Crippen LogP contribution in [-0.4, -0.2) is 26.1 Å². The number of rotatable bonds is 2. The zero-order valence-corrected chi connectivity index (χ0v) is 13.1. The van der Waals surface area contributed by atoms with Gasteiger partial charge in [0.15, 0.2) is 0 Å². The van der Waals surface area contributed by atoms with Gasteiger partial charge in [0.25, 0.3) is 5.95 Å². The van der Waals surface area contributed by atoms with Crippen molar-refractivity contribution in [2.75, 3.05) is 5.32 Å². The van der Waals surface area contributed by atoms with E-state index in [1.165, 1.54) is 4.80 Å². The van der Waals surface area contributed by atoms with Crippen LogP contribution in [0.4, 0.5) is 5.95 Å². The Bertz CT molecular complexity index is 846. The maximum absolute atomic E-state index is 12.9. The molecule has 0 saturated heterocycles. The van der Waals surface area contributed by atoms with Gasteiger partial charge in [0.05, 0.1) is 13.0 Å². The Morgan fingerprint density at radius 1 is 1.09 bits per heavy atom. The Hall–Kier alpha value is -2.67. The number of aryl methyl sites for hydroxylation is 1. The van der Waals surface area contributed by atoms with Gasteiger partial charge in [-0.25, -0.2) is 0 Å². The predicted octanol–water partition coefficient (Wildman–Crippen LogP) is 2.45. The second-order valence-corrected chi connectivity index (χ2v) is 6.29. The van der Waals surface area contributed by atoms with Gasteiger partial charge in [-0.3, -0.25) is 10.1 Å². The van der Waals surface area contributed by atoms with Gasteiger partial charge in [-0.15, -0.1) is 5.10 Å². The van der Waals surface area contributed by atoms with Crippen LogP contribution in [0.15, 0.2) is 58.3 Å². The lowest BCUT2D eigenvalue weighted by Gasteiger charge is -2.26. The molecule has 4 rings (SSSR count). The van der Waals surface area contributed by atoms with Crippen molar-refractivity contribution in [3.05, 3.63) is 59.7 Å². The summed E-state index contributed by atoms with van der Waals surface area (Å²) in [5.41, 5.74) is 2.00. The number of amides is 1. The molecule has 0 bridgehead atoms. The lowest BCUT2D eigenvalue weighted by molar-refractivity contribution is -0.116. The third kappa shape index (κ3) is 2.49. The van der Waals surface area contributed by atoms with E-state index in [-0.39, 0.29) is 17.8 Å². The van der Waals surface area contributed by atoms with Gasteiger partial charge in [0.2, 0.25) is 5.91 Å². The molecular formula is C16H13N5OS. The predicted molar refractivity (Wildman–Crippen MR) is 86.3 cm³/mol. The van der Waals surface area contributed by atoms with Crippen molar-refractivity contribution < 1.29 is 4.79 Å². The zero-order chi connectivity index (χ0) is 15.8. The highest BCUT2D eigenvalue weighted by Crippen LogP contribution is 2.45. The van der Waals surface area contributed by atoms with E-state index < -0.39 is 0 Å². The summed E-state index contributed by atoms with van der Waals surface area (Å²) in [6.45, 7) is 0. The molecule has 1 aliphatic heterocycles. The summed E-state index contributed by atoms with van der Waals surface area (Å²) in [5.74, 6) is -0.323. The smallest absolute Gasteiger partial charge is 0.270 e. The van der Waals surface area contributed by atoms with Crippen molar-refractivity contribution in [2.45, 2.75) is 15.7 Å². The summed E-state index contributed by atoms with van der Waals surface area (Å²) in [7, 11) is 1.66. The summed E-state index contributed by atoms with van der Waals surface area (Å²) in [5, 5.41) is 14.3. The Labute approximate surface area is 136 Å². The number of nitrogens with one attached hydrogen (secondary N) is 1. The molecular weight excluding hydrogens is 310 g/mol. The largest absolute Gasteiger partial charge is 0.291 e. The molecule has 0 atom stereocenters. The number of hydrogen-bond donors (Lipinski definition) is 1. The molecule has 2 aromatic carbocycles. The van der Waals surface area contributed by atoms with E-state index in [4.69, 9.17) is 0 Å². The van der Waals surface area contributed by atoms with Crippen LogP contribution in [0.25, 0.3) is 0 Å². The van der Waals surface area contributed by atoms with Gasteiger partial charge in [0, 0.05) is 9.79 Å². The molecule has 3 aromatic rings. The molecule has 0 spiro atoms. The van der Waals surface area contributed by atoms with Crippen LogP contribution in [0.3, 0.4) is 0 Å². The second kappa shape index (κ2) is 5.51. The van der Waals surface area contributed by atoms with Crippen LogP contribution >= 0.6 is 11.8 Å². The van der Waals surface area contributed by atoms with Crippen molar-refractivity contribution in [1.82, 2.24) is 20.2 Å². The third-order valence-electron chi connectivity index (χ3n) is 3.69. The Morgan fingerprint density at radius 2 is 1.70 bits per heavy atom. The number of tetrazole rings is 1. The molecule has 1 aromatic heterocycles. The van der Waals surface area contributed by atoms with Gasteiger partial charge < -0.3 is 0 Å². The molecule has 0 unspecified atom stereocenters. The SMILES string of the molecule is Cn1nnc(NC(=O)C2c3ccccc3Sc3ccccc32)n1. The summed E-state index contributed by atoms with van der Waals surface area (Å²) >= 11 is 1.69. The van der Waals surface area contributed by atoms with Crippen LogP contribution in [0.2, 0.25) is 0 Å². The molecule has 1 N–H and O–H groups in total. The molecule has 0 saturated carbocycles. The van der Waals surface area contributed by atoms with E-state index in [0.29, 0.717) is 0 Å². The minimum atomic E-state index is -0.382. The van der Waals surface area contributed by atoms with E-state index in [9.17, 15) is 4.79 Å². The lowest BCUT2D eigenvalue weighted by Crippen LogP contribution is -2.25. The number of carbonyl (C=O) groups excluding carboxylic acids is 1. The maximum atomic E-state index is 12.9. The van der Waals surface area contributed by atoms with Gasteiger partial charge in [-0.05, 0) is 28.5 Å². The number of hydrogen-bond acceptors (Lipinski definition) is 5. The fourth-order valence-corrected chi connectivity index (χ4v) is 3.85. The highest BCUT2D eigenvalue weighted by atomic mass is 32.2. The first-order chi connectivity index (χ1) is 11.2. The minimum absolute atomic E-state index is 0.154. The van der Waals surface area contributed by atoms with E-state index >= 15 is 0 Å². The molecule has 1 aliphatic rings. The van der Waals surface area contributed by atoms with Crippen LogP contribution in [0.5, 0.6) is 0 Å². The van der Waals surface area contributed by atoms with E-state index in [2.05, 4.69) is 20.7 Å². The monoisotopic (exact) mass is 323 g/mol. The number of nitrogens with zero attached hydrogens (tertiary/aromatic N) is 4. The molecule has 23 heavy (non-hydrogen) atoms. The first-order valence-electron chi connectivity index (χ1n) is 7.13. The topological polar surface area (TPSA) is 72.7 Å². The van der Waals surface area contributed by atoms with Crippen LogP contribution in [-0.2, 0) is 11.8 Å². The first kappa shape index (κ1) is 14.0. The molecule has 0 aliphatic carbocycles. The fraction of sp³-hybridized carbons (Fsp3) is 0.125. The Kier molecular flexibility index (Phi) is 3.34. The molecule has 0 radical (unpaired) electrons.